The number of aromatic nitrogens is 1. The predicted molar refractivity (Wildman–Crippen MR) is 116 cm³/mol. The summed E-state index contributed by atoms with van der Waals surface area (Å²) >= 11 is 0. The van der Waals surface area contributed by atoms with Crippen LogP contribution in [0, 0.1) is 0 Å². The van der Waals surface area contributed by atoms with Gasteiger partial charge in [-0.25, -0.2) is 0 Å². The molecule has 0 aliphatic carbocycles. The van der Waals surface area contributed by atoms with Gasteiger partial charge in [0.05, 0.1) is 0 Å². The van der Waals surface area contributed by atoms with E-state index in [1.54, 1.807) is 0 Å². The van der Waals surface area contributed by atoms with Crippen molar-refractivity contribution >= 4 is 5.96 Å². The number of hydrogen-bond donors (Lipinski definition) is 2. The summed E-state index contributed by atoms with van der Waals surface area (Å²) in [5.74, 6) is 0.923. The van der Waals surface area contributed by atoms with Crippen molar-refractivity contribution in [2.45, 2.75) is 51.7 Å². The zero-order valence-corrected chi connectivity index (χ0v) is 17.1. The van der Waals surface area contributed by atoms with Crippen molar-refractivity contribution in [3.63, 3.8) is 0 Å². The van der Waals surface area contributed by atoms with Crippen molar-refractivity contribution in [3.05, 3.63) is 66.0 Å². The smallest absolute Gasteiger partial charge is 0.191 e. The summed E-state index contributed by atoms with van der Waals surface area (Å²) < 4.78 is 0. The number of aliphatic imine (C=N–C) groups is 1. The molecule has 1 aliphatic rings. The third-order valence-electron chi connectivity index (χ3n) is 5.29. The zero-order chi connectivity index (χ0) is 19.6. The third-order valence-corrected chi connectivity index (χ3v) is 5.29. The Morgan fingerprint density at radius 1 is 1.18 bits per heavy atom. The van der Waals surface area contributed by atoms with Crippen LogP contribution in [0.3, 0.4) is 0 Å². The number of nitrogens with one attached hydrogen (secondary N) is 2. The maximum absolute atomic E-state index is 4.76. The van der Waals surface area contributed by atoms with E-state index in [0.29, 0.717) is 12.1 Å². The molecule has 28 heavy (non-hydrogen) atoms. The zero-order valence-electron chi connectivity index (χ0n) is 17.1. The van der Waals surface area contributed by atoms with Crippen LogP contribution in [-0.4, -0.2) is 47.6 Å². The normalized spacial score (nSPS) is 20.7. The molecule has 0 saturated carbocycles. The van der Waals surface area contributed by atoms with Gasteiger partial charge in [0.25, 0.3) is 0 Å². The van der Waals surface area contributed by atoms with Gasteiger partial charge in [-0.3, -0.25) is 14.9 Å². The van der Waals surface area contributed by atoms with Gasteiger partial charge in [-0.2, -0.15) is 0 Å². The number of guanidine groups is 1. The van der Waals surface area contributed by atoms with Crippen molar-refractivity contribution in [2.75, 3.05) is 19.6 Å². The Balaban J connectivity index is 1.49. The molecule has 2 unspecified atom stereocenters. The van der Waals surface area contributed by atoms with Crippen LogP contribution in [0.5, 0.6) is 0 Å². The Bertz CT molecular complexity index is 716. The molecule has 1 saturated heterocycles. The van der Waals surface area contributed by atoms with Crippen LogP contribution in [0.2, 0.25) is 0 Å². The van der Waals surface area contributed by atoms with Gasteiger partial charge in [0.2, 0.25) is 0 Å². The third kappa shape index (κ3) is 6.34. The van der Waals surface area contributed by atoms with Crippen LogP contribution in [0.25, 0.3) is 0 Å². The number of benzene rings is 1. The molecule has 2 heterocycles. The summed E-state index contributed by atoms with van der Waals surface area (Å²) in [5.41, 5.74) is 2.48. The van der Waals surface area contributed by atoms with Crippen LogP contribution in [0.1, 0.15) is 37.9 Å². The second-order valence-electron chi connectivity index (χ2n) is 7.50. The first-order valence-corrected chi connectivity index (χ1v) is 10.5. The molecule has 0 spiro atoms. The van der Waals surface area contributed by atoms with Gasteiger partial charge < -0.3 is 10.6 Å². The molecule has 0 amide bonds. The first-order valence-electron chi connectivity index (χ1n) is 10.5. The van der Waals surface area contributed by atoms with Gasteiger partial charge in [0.15, 0.2) is 5.96 Å². The monoisotopic (exact) mass is 379 g/mol. The predicted octanol–water partition coefficient (Wildman–Crippen LogP) is 3.23. The topological polar surface area (TPSA) is 52.6 Å². The lowest BCUT2D eigenvalue weighted by Crippen LogP contribution is -2.51. The van der Waals surface area contributed by atoms with Crippen molar-refractivity contribution in [2.24, 2.45) is 4.99 Å². The summed E-state index contributed by atoms with van der Waals surface area (Å²) in [6, 6.07) is 17.8. The highest BCUT2D eigenvalue weighted by molar-refractivity contribution is 5.80. The Labute approximate surface area is 169 Å². The molecule has 2 N–H and O–H groups in total. The first kappa shape index (κ1) is 20.3. The molecular weight excluding hydrogens is 346 g/mol. The number of hydrogen-bond acceptors (Lipinski definition) is 3. The molecule has 1 aliphatic heterocycles. The van der Waals surface area contributed by atoms with Crippen LogP contribution in [0.4, 0.5) is 0 Å². The molecule has 3 rings (SSSR count). The second kappa shape index (κ2) is 10.8. The van der Waals surface area contributed by atoms with Gasteiger partial charge in [0.1, 0.15) is 0 Å². The molecule has 0 radical (unpaired) electrons. The molecule has 1 aromatic carbocycles. The standard InChI is InChI=1S/C23H33N5/c1-3-24-23(26-15-12-21-11-7-8-14-25-21)27-22-13-16-28(19(2)17-22)18-20-9-5-4-6-10-20/h4-11,14,19,22H,3,12-13,15-18H2,1-2H3,(H2,24,26,27). The van der Waals surface area contributed by atoms with Gasteiger partial charge >= 0.3 is 0 Å². The highest BCUT2D eigenvalue weighted by Crippen LogP contribution is 2.19. The van der Waals surface area contributed by atoms with Crippen LogP contribution < -0.4 is 10.6 Å². The van der Waals surface area contributed by atoms with Crippen LogP contribution in [-0.2, 0) is 13.0 Å². The number of nitrogens with zero attached hydrogens (tertiary/aromatic N) is 3. The molecule has 5 nitrogen and oxygen atoms in total. The van der Waals surface area contributed by atoms with E-state index in [1.807, 2.05) is 18.3 Å². The fourth-order valence-electron chi connectivity index (χ4n) is 3.75. The minimum atomic E-state index is 0.467. The highest BCUT2D eigenvalue weighted by Gasteiger charge is 2.25. The highest BCUT2D eigenvalue weighted by atomic mass is 15.2. The van der Waals surface area contributed by atoms with Gasteiger partial charge in [0, 0.05) is 56.6 Å². The average Bonchev–Trinajstić information content (AvgIpc) is 2.72. The van der Waals surface area contributed by atoms with Crippen molar-refractivity contribution in [1.29, 1.82) is 0 Å². The van der Waals surface area contributed by atoms with Gasteiger partial charge in [-0.05, 0) is 44.4 Å². The van der Waals surface area contributed by atoms with Gasteiger partial charge in [-0.1, -0.05) is 36.4 Å². The fourth-order valence-corrected chi connectivity index (χ4v) is 3.75. The number of pyridine rings is 1. The van der Waals surface area contributed by atoms with E-state index in [-0.39, 0.29) is 0 Å². The molecule has 1 fully saturated rings. The first-order chi connectivity index (χ1) is 13.7. The quantitative estimate of drug-likeness (QED) is 0.573. The lowest BCUT2D eigenvalue weighted by molar-refractivity contribution is 0.134. The summed E-state index contributed by atoms with van der Waals surface area (Å²) in [6.45, 7) is 8.21. The SMILES string of the molecule is CCNC(=NCCc1ccccn1)NC1CCN(Cc2ccccc2)C(C)C1. The van der Waals surface area contributed by atoms with E-state index in [2.05, 4.69) is 70.8 Å². The number of piperidine rings is 1. The number of likely N-dealkylation sites (tertiary alicyclic amines) is 1. The van der Waals surface area contributed by atoms with Crippen molar-refractivity contribution in [1.82, 2.24) is 20.5 Å². The van der Waals surface area contributed by atoms with E-state index < -0.39 is 0 Å². The summed E-state index contributed by atoms with van der Waals surface area (Å²) in [4.78, 5) is 11.7. The molecular formula is C23H33N5. The van der Waals surface area contributed by atoms with Crippen molar-refractivity contribution in [3.8, 4) is 0 Å². The minimum absolute atomic E-state index is 0.467. The average molecular weight is 380 g/mol. The molecule has 2 atom stereocenters. The second-order valence-corrected chi connectivity index (χ2v) is 7.50. The Morgan fingerprint density at radius 2 is 2.00 bits per heavy atom. The summed E-state index contributed by atoms with van der Waals surface area (Å²) in [7, 11) is 0. The van der Waals surface area contributed by atoms with Crippen molar-refractivity contribution < 1.29 is 0 Å². The lowest BCUT2D eigenvalue weighted by Gasteiger charge is -2.38. The fraction of sp³-hybridized carbons (Fsp3) is 0.478. The Morgan fingerprint density at radius 3 is 2.71 bits per heavy atom. The van der Waals surface area contributed by atoms with E-state index >= 15 is 0 Å². The van der Waals surface area contributed by atoms with Gasteiger partial charge in [-0.15, -0.1) is 0 Å². The molecule has 0 bridgehead atoms. The minimum Gasteiger partial charge on any atom is -0.357 e. The lowest BCUT2D eigenvalue weighted by atomic mass is 9.97. The van der Waals surface area contributed by atoms with E-state index in [9.17, 15) is 0 Å². The largest absolute Gasteiger partial charge is 0.357 e. The van der Waals surface area contributed by atoms with E-state index in [1.165, 1.54) is 5.56 Å². The summed E-state index contributed by atoms with van der Waals surface area (Å²) in [5, 5.41) is 7.04. The molecule has 1 aromatic heterocycles. The molecule has 5 heteroatoms. The Kier molecular flexibility index (Phi) is 7.85. The van der Waals surface area contributed by atoms with Crippen LogP contribution in [0.15, 0.2) is 59.7 Å². The molecule has 150 valence electrons. The number of rotatable bonds is 7. The summed E-state index contributed by atoms with van der Waals surface area (Å²) in [6.07, 6.45) is 4.98. The molecule has 2 aromatic rings. The maximum atomic E-state index is 4.76. The van der Waals surface area contributed by atoms with Crippen LogP contribution >= 0.6 is 0 Å². The van der Waals surface area contributed by atoms with E-state index in [4.69, 9.17) is 4.99 Å². The maximum Gasteiger partial charge on any atom is 0.191 e. The van der Waals surface area contributed by atoms with E-state index in [0.717, 1.165) is 57.1 Å². The Hall–Kier alpha value is -2.40.